The number of hydrogen-bond acceptors (Lipinski definition) is 4. The molecule has 3 heterocycles. The summed E-state index contributed by atoms with van der Waals surface area (Å²) in [4.78, 5) is 11.5. The molecule has 2 fully saturated rings. The van der Waals surface area contributed by atoms with E-state index in [1.54, 1.807) is 0 Å². The van der Waals surface area contributed by atoms with E-state index < -0.39 is 10.0 Å². The van der Waals surface area contributed by atoms with Gasteiger partial charge < -0.3 is 5.32 Å². The molecular weight excluding hydrogens is 355 g/mol. The highest BCUT2D eigenvalue weighted by atomic mass is 35.5. The van der Waals surface area contributed by atoms with E-state index in [9.17, 15) is 13.2 Å². The molecule has 0 bridgehead atoms. The second-order valence-corrected chi connectivity index (χ2v) is 9.74. The number of carbonyl (C=O) groups excluding carboxylic acids is 1. The van der Waals surface area contributed by atoms with Crippen LogP contribution in [0, 0.1) is 5.41 Å². The largest absolute Gasteiger partial charge is 0.356 e. The van der Waals surface area contributed by atoms with Gasteiger partial charge in [-0.05, 0) is 24.3 Å². The Hall–Kier alpha value is -0.340. The molecule has 0 unspecified atom stereocenters. The van der Waals surface area contributed by atoms with Crippen molar-refractivity contribution in [1.29, 1.82) is 0 Å². The number of thiophene rings is 1. The fourth-order valence-corrected chi connectivity index (χ4v) is 6.50. The van der Waals surface area contributed by atoms with Gasteiger partial charge >= 0.3 is 0 Å². The number of rotatable bonds is 2. The third-order valence-corrected chi connectivity index (χ3v) is 7.87. The maximum atomic E-state index is 12.6. The summed E-state index contributed by atoms with van der Waals surface area (Å²) < 4.78 is 27.2. The quantitative estimate of drug-likeness (QED) is 0.870. The van der Waals surface area contributed by atoms with Gasteiger partial charge in [-0.25, -0.2) is 8.42 Å². The van der Waals surface area contributed by atoms with Gasteiger partial charge in [-0.3, -0.25) is 4.79 Å². The number of sulfonamides is 1. The molecule has 1 amide bonds. The Bertz CT molecular complexity index is 679. The van der Waals surface area contributed by atoms with Crippen LogP contribution < -0.4 is 5.32 Å². The van der Waals surface area contributed by atoms with E-state index in [1.165, 1.54) is 10.4 Å². The fourth-order valence-electron chi connectivity index (χ4n) is 2.95. The average molecular weight is 369 g/mol. The third-order valence-electron chi connectivity index (χ3n) is 4.22. The van der Waals surface area contributed by atoms with Gasteiger partial charge in [0.25, 0.3) is 0 Å². The van der Waals surface area contributed by atoms with Gasteiger partial charge in [0, 0.05) is 26.1 Å². The van der Waals surface area contributed by atoms with E-state index in [-0.39, 0.29) is 20.6 Å². The standard InChI is InChI=1S/C12H14Cl2N2O3S2/c13-9-5-8(11(14)20-9)21(18,19)16-3-1-12(2-4-16)6-10(17)15-7-12/h5H,1-4,6-7H2,(H,15,17). The van der Waals surface area contributed by atoms with Crippen LogP contribution >= 0.6 is 34.5 Å². The van der Waals surface area contributed by atoms with Crippen molar-refractivity contribution >= 4 is 50.5 Å². The minimum Gasteiger partial charge on any atom is -0.356 e. The number of nitrogens with one attached hydrogen (secondary N) is 1. The topological polar surface area (TPSA) is 66.5 Å². The first-order valence-electron chi connectivity index (χ1n) is 6.54. The van der Waals surface area contributed by atoms with Crippen LogP contribution in [0.1, 0.15) is 19.3 Å². The average Bonchev–Trinajstić information content (AvgIpc) is 2.94. The Kier molecular flexibility index (Phi) is 3.99. The molecule has 1 aromatic heterocycles. The number of nitrogens with zero attached hydrogens (tertiary/aromatic N) is 1. The molecule has 0 aromatic carbocycles. The summed E-state index contributed by atoms with van der Waals surface area (Å²) in [6.07, 6.45) is 1.85. The van der Waals surface area contributed by atoms with Gasteiger partial charge in [-0.15, -0.1) is 11.3 Å². The Labute approximate surface area is 137 Å². The molecule has 2 saturated heterocycles. The van der Waals surface area contributed by atoms with Crippen molar-refractivity contribution in [2.75, 3.05) is 19.6 Å². The lowest BCUT2D eigenvalue weighted by molar-refractivity contribution is -0.119. The zero-order chi connectivity index (χ0) is 15.3. The maximum Gasteiger partial charge on any atom is 0.245 e. The van der Waals surface area contributed by atoms with Crippen LogP contribution in [0.4, 0.5) is 0 Å². The van der Waals surface area contributed by atoms with Crippen LogP contribution in [0.2, 0.25) is 8.67 Å². The van der Waals surface area contributed by atoms with E-state index >= 15 is 0 Å². The third kappa shape index (κ3) is 2.82. The summed E-state index contributed by atoms with van der Waals surface area (Å²) in [5.41, 5.74) is -0.0841. The molecule has 1 N–H and O–H groups in total. The number of amides is 1. The van der Waals surface area contributed by atoms with Crippen molar-refractivity contribution in [3.63, 3.8) is 0 Å². The highest BCUT2D eigenvalue weighted by Gasteiger charge is 2.43. The zero-order valence-electron chi connectivity index (χ0n) is 11.1. The fraction of sp³-hybridized carbons (Fsp3) is 0.583. The van der Waals surface area contributed by atoms with Crippen molar-refractivity contribution in [2.45, 2.75) is 24.2 Å². The van der Waals surface area contributed by atoms with Gasteiger partial charge in [0.2, 0.25) is 15.9 Å². The molecule has 0 atom stereocenters. The first kappa shape index (κ1) is 15.6. The molecule has 0 saturated carbocycles. The van der Waals surface area contributed by atoms with Crippen molar-refractivity contribution in [1.82, 2.24) is 9.62 Å². The van der Waals surface area contributed by atoms with E-state index in [1.807, 2.05) is 0 Å². The number of hydrogen-bond donors (Lipinski definition) is 1. The van der Waals surface area contributed by atoms with Gasteiger partial charge in [0.15, 0.2) is 0 Å². The molecule has 2 aliphatic heterocycles. The predicted octanol–water partition coefficient (Wildman–Crippen LogP) is 2.35. The first-order chi connectivity index (χ1) is 9.82. The second kappa shape index (κ2) is 5.38. The van der Waals surface area contributed by atoms with E-state index in [2.05, 4.69) is 5.32 Å². The lowest BCUT2D eigenvalue weighted by Crippen LogP contribution is -2.43. The SMILES string of the molecule is O=C1CC2(CCN(S(=O)(=O)c3cc(Cl)sc3Cl)CC2)CN1. The number of halogens is 2. The highest BCUT2D eigenvalue weighted by molar-refractivity contribution is 7.89. The summed E-state index contributed by atoms with van der Waals surface area (Å²) in [5, 5.41) is 2.83. The summed E-state index contributed by atoms with van der Waals surface area (Å²) in [6, 6.07) is 1.40. The molecule has 1 aromatic rings. The molecule has 1 spiro atoms. The normalized spacial score (nSPS) is 22.7. The van der Waals surface area contributed by atoms with Crippen molar-refractivity contribution in [3.8, 4) is 0 Å². The first-order valence-corrected chi connectivity index (χ1v) is 9.55. The summed E-state index contributed by atoms with van der Waals surface area (Å²) in [6.45, 7) is 1.45. The Morgan fingerprint density at radius 1 is 1.29 bits per heavy atom. The molecule has 2 aliphatic rings. The monoisotopic (exact) mass is 368 g/mol. The van der Waals surface area contributed by atoms with Gasteiger partial charge in [-0.2, -0.15) is 4.31 Å². The number of carbonyl (C=O) groups is 1. The van der Waals surface area contributed by atoms with Crippen LogP contribution in [-0.4, -0.2) is 38.3 Å². The lowest BCUT2D eigenvalue weighted by Gasteiger charge is -2.37. The van der Waals surface area contributed by atoms with E-state index in [4.69, 9.17) is 23.2 Å². The van der Waals surface area contributed by atoms with E-state index in [0.717, 1.165) is 11.3 Å². The highest BCUT2D eigenvalue weighted by Crippen LogP contribution is 2.41. The second-order valence-electron chi connectivity index (χ2n) is 5.55. The molecule has 0 aliphatic carbocycles. The molecule has 116 valence electrons. The van der Waals surface area contributed by atoms with Crippen molar-refractivity contribution in [2.24, 2.45) is 5.41 Å². The Morgan fingerprint density at radius 2 is 1.95 bits per heavy atom. The minimum absolute atomic E-state index is 0.0546. The van der Waals surface area contributed by atoms with Crippen molar-refractivity contribution in [3.05, 3.63) is 14.7 Å². The molecule has 9 heteroatoms. The smallest absolute Gasteiger partial charge is 0.245 e. The maximum absolute atomic E-state index is 12.6. The summed E-state index contributed by atoms with van der Waals surface area (Å²) in [7, 11) is -3.61. The van der Waals surface area contributed by atoms with Crippen LogP contribution in [0.15, 0.2) is 11.0 Å². The Balaban J connectivity index is 1.77. The van der Waals surface area contributed by atoms with Crippen LogP contribution in [-0.2, 0) is 14.8 Å². The summed E-state index contributed by atoms with van der Waals surface area (Å²) >= 11 is 12.8. The lowest BCUT2D eigenvalue weighted by atomic mass is 9.78. The molecule has 21 heavy (non-hydrogen) atoms. The van der Waals surface area contributed by atoms with Crippen LogP contribution in [0.25, 0.3) is 0 Å². The molecule has 3 rings (SSSR count). The number of piperidine rings is 1. The van der Waals surface area contributed by atoms with Gasteiger partial charge in [0.1, 0.15) is 9.23 Å². The van der Waals surface area contributed by atoms with Crippen LogP contribution in [0.5, 0.6) is 0 Å². The zero-order valence-corrected chi connectivity index (χ0v) is 14.2. The van der Waals surface area contributed by atoms with E-state index in [0.29, 0.717) is 43.2 Å². The van der Waals surface area contributed by atoms with Crippen LogP contribution in [0.3, 0.4) is 0 Å². The predicted molar refractivity (Wildman–Crippen MR) is 82.4 cm³/mol. The van der Waals surface area contributed by atoms with Gasteiger partial charge in [0.05, 0.1) is 4.34 Å². The van der Waals surface area contributed by atoms with Crippen molar-refractivity contribution < 1.29 is 13.2 Å². The van der Waals surface area contributed by atoms with Gasteiger partial charge in [-0.1, -0.05) is 23.2 Å². The Morgan fingerprint density at radius 3 is 2.43 bits per heavy atom. The summed E-state index contributed by atoms with van der Waals surface area (Å²) in [5.74, 6) is 0.0546. The minimum atomic E-state index is -3.61. The molecule has 5 nitrogen and oxygen atoms in total. The molecular formula is C12H14Cl2N2O3S2. The molecule has 0 radical (unpaired) electrons.